The normalized spacial score (nSPS) is 15.2. The number of rotatable bonds is 4. The van der Waals surface area contributed by atoms with Crippen molar-refractivity contribution in [2.45, 2.75) is 19.4 Å². The van der Waals surface area contributed by atoms with Gasteiger partial charge in [0.25, 0.3) is 5.91 Å². The number of halogens is 1. The molecule has 0 fully saturated rings. The van der Waals surface area contributed by atoms with Gasteiger partial charge in [0.1, 0.15) is 10.6 Å². The molecule has 2 aromatic carbocycles. The number of aromatic nitrogens is 2. The number of aryl methyl sites for hydroxylation is 1. The van der Waals surface area contributed by atoms with Crippen LogP contribution in [0.25, 0.3) is 11.0 Å². The average Bonchev–Trinajstić information content (AvgIpc) is 3.42. The molecule has 1 aliphatic heterocycles. The molecule has 0 saturated heterocycles. The fraction of sp³-hybridized carbons (Fsp3) is 0.174. The first-order valence-corrected chi connectivity index (χ1v) is 11.6. The van der Waals surface area contributed by atoms with E-state index >= 15 is 0 Å². The van der Waals surface area contributed by atoms with Gasteiger partial charge in [0.15, 0.2) is 5.43 Å². The van der Waals surface area contributed by atoms with E-state index in [4.69, 9.17) is 9.15 Å². The highest BCUT2D eigenvalue weighted by Crippen LogP contribution is 2.42. The molecule has 10 heteroatoms. The fourth-order valence-corrected chi connectivity index (χ4v) is 5.03. The summed E-state index contributed by atoms with van der Waals surface area (Å²) in [4.78, 5) is 40.4. The van der Waals surface area contributed by atoms with Crippen LogP contribution in [-0.4, -0.2) is 29.2 Å². The Kier molecular flexibility index (Phi) is 5.34. The van der Waals surface area contributed by atoms with Crippen molar-refractivity contribution in [1.29, 1.82) is 0 Å². The summed E-state index contributed by atoms with van der Waals surface area (Å²) >= 11 is 4.67. The van der Waals surface area contributed by atoms with Crippen molar-refractivity contribution in [1.82, 2.24) is 10.2 Å². The molecular formula is C23H16BrN3O5S. The van der Waals surface area contributed by atoms with E-state index < -0.39 is 17.9 Å². The molecule has 5 rings (SSSR count). The second-order valence-electron chi connectivity index (χ2n) is 7.34. The van der Waals surface area contributed by atoms with Gasteiger partial charge in [-0.15, -0.1) is 10.2 Å². The molecule has 1 atom stereocenters. The topological polar surface area (TPSA) is 103 Å². The van der Waals surface area contributed by atoms with E-state index in [2.05, 4.69) is 26.1 Å². The van der Waals surface area contributed by atoms with Gasteiger partial charge in [-0.05, 0) is 42.3 Å². The Hall–Kier alpha value is -3.37. The summed E-state index contributed by atoms with van der Waals surface area (Å²) in [6.07, 6.45) is 0.667. The van der Waals surface area contributed by atoms with E-state index in [9.17, 15) is 14.4 Å². The summed E-state index contributed by atoms with van der Waals surface area (Å²) in [7, 11) is 1.30. The van der Waals surface area contributed by atoms with Gasteiger partial charge in [-0.1, -0.05) is 46.3 Å². The molecule has 0 spiro atoms. The van der Waals surface area contributed by atoms with Crippen molar-refractivity contribution in [3.05, 3.63) is 84.6 Å². The highest BCUT2D eigenvalue weighted by molar-refractivity contribution is 9.10. The molecule has 8 nitrogen and oxygen atoms in total. The number of esters is 1. The lowest BCUT2D eigenvalue weighted by Gasteiger charge is -2.22. The number of carbonyl (C=O) groups is 2. The van der Waals surface area contributed by atoms with E-state index in [0.29, 0.717) is 33.6 Å². The van der Waals surface area contributed by atoms with Gasteiger partial charge < -0.3 is 9.15 Å². The van der Waals surface area contributed by atoms with E-state index in [1.54, 1.807) is 42.5 Å². The minimum absolute atomic E-state index is 0.0230. The van der Waals surface area contributed by atoms with Crippen LogP contribution in [0.1, 0.15) is 50.0 Å². The third-order valence-corrected chi connectivity index (χ3v) is 7.00. The molecule has 0 N–H and O–H groups in total. The number of benzene rings is 2. The third kappa shape index (κ3) is 3.46. The summed E-state index contributed by atoms with van der Waals surface area (Å²) in [5.74, 6) is -0.966. The quantitative estimate of drug-likeness (QED) is 0.361. The Labute approximate surface area is 199 Å². The van der Waals surface area contributed by atoms with Gasteiger partial charge in [0, 0.05) is 4.47 Å². The first kappa shape index (κ1) is 21.5. The van der Waals surface area contributed by atoms with E-state index in [1.165, 1.54) is 23.3 Å². The SMILES string of the molecule is CCc1nnc(N2C(=O)c3oc4ccc(Br)cc4c(=O)c3C2c2ccc(C(=O)OC)cc2)s1. The largest absolute Gasteiger partial charge is 0.465 e. The third-order valence-electron chi connectivity index (χ3n) is 5.44. The smallest absolute Gasteiger partial charge is 0.337 e. The average molecular weight is 526 g/mol. The number of fused-ring (bicyclic) bond motifs is 2. The second-order valence-corrected chi connectivity index (χ2v) is 9.29. The summed E-state index contributed by atoms with van der Waals surface area (Å²) in [5.41, 5.74) is 1.24. The molecule has 0 aliphatic carbocycles. The maximum absolute atomic E-state index is 13.6. The van der Waals surface area contributed by atoms with Gasteiger partial charge >= 0.3 is 5.97 Å². The van der Waals surface area contributed by atoms with Crippen LogP contribution < -0.4 is 10.3 Å². The van der Waals surface area contributed by atoms with Crippen LogP contribution in [0, 0.1) is 0 Å². The minimum atomic E-state index is -0.781. The lowest BCUT2D eigenvalue weighted by atomic mass is 9.98. The number of nitrogens with zero attached hydrogens (tertiary/aromatic N) is 3. The number of methoxy groups -OCH3 is 1. The standard InChI is InChI=1S/C23H16BrN3O5S/c1-3-16-25-26-23(33-16)27-18(11-4-6-12(7-5-11)22(30)31-2)17-19(28)14-10-13(24)8-9-15(14)32-20(17)21(27)29/h4-10,18H,3H2,1-2H3. The molecule has 0 bridgehead atoms. The zero-order chi connectivity index (χ0) is 23.3. The number of ether oxygens (including phenoxy) is 1. The number of carbonyl (C=O) groups excluding carboxylic acids is 2. The van der Waals surface area contributed by atoms with Gasteiger partial charge in [-0.2, -0.15) is 0 Å². The molecule has 2 aromatic heterocycles. The van der Waals surface area contributed by atoms with E-state index in [0.717, 1.165) is 9.48 Å². The van der Waals surface area contributed by atoms with Crippen molar-refractivity contribution < 1.29 is 18.7 Å². The van der Waals surface area contributed by atoms with Crippen LogP contribution in [0.5, 0.6) is 0 Å². The Morgan fingerprint density at radius 1 is 1.18 bits per heavy atom. The molecule has 1 unspecified atom stereocenters. The van der Waals surface area contributed by atoms with Gasteiger partial charge in [-0.25, -0.2) is 4.79 Å². The monoisotopic (exact) mass is 525 g/mol. The molecular weight excluding hydrogens is 510 g/mol. The number of hydrogen-bond acceptors (Lipinski definition) is 8. The van der Waals surface area contributed by atoms with Gasteiger partial charge in [-0.3, -0.25) is 14.5 Å². The van der Waals surface area contributed by atoms with Crippen LogP contribution in [0.15, 0.2) is 56.1 Å². The number of anilines is 1. The van der Waals surface area contributed by atoms with Crippen LogP contribution in [0.4, 0.5) is 5.13 Å². The molecule has 0 radical (unpaired) electrons. The Morgan fingerprint density at radius 3 is 2.61 bits per heavy atom. The van der Waals surface area contributed by atoms with Crippen molar-refractivity contribution >= 4 is 55.2 Å². The van der Waals surface area contributed by atoms with E-state index in [1.807, 2.05) is 6.92 Å². The fourth-order valence-electron chi connectivity index (χ4n) is 3.86. The van der Waals surface area contributed by atoms with Crippen molar-refractivity contribution in [3.63, 3.8) is 0 Å². The molecule has 1 aliphatic rings. The van der Waals surface area contributed by atoms with Crippen LogP contribution >= 0.6 is 27.3 Å². The van der Waals surface area contributed by atoms with Crippen LogP contribution in [0.3, 0.4) is 0 Å². The Bertz CT molecular complexity index is 1480. The summed E-state index contributed by atoms with van der Waals surface area (Å²) in [5, 5.41) is 9.84. The first-order valence-electron chi connectivity index (χ1n) is 10.0. The van der Waals surface area contributed by atoms with Crippen LogP contribution in [0.2, 0.25) is 0 Å². The molecule has 1 amide bonds. The first-order chi connectivity index (χ1) is 15.9. The van der Waals surface area contributed by atoms with E-state index in [-0.39, 0.29) is 16.8 Å². The molecule has 166 valence electrons. The molecule has 3 heterocycles. The maximum Gasteiger partial charge on any atom is 0.337 e. The maximum atomic E-state index is 13.6. The van der Waals surface area contributed by atoms with Crippen molar-refractivity contribution in [2.24, 2.45) is 0 Å². The zero-order valence-corrected chi connectivity index (χ0v) is 19.9. The highest BCUT2D eigenvalue weighted by Gasteiger charge is 2.45. The number of hydrogen-bond donors (Lipinski definition) is 0. The predicted molar refractivity (Wildman–Crippen MR) is 126 cm³/mol. The molecule has 33 heavy (non-hydrogen) atoms. The van der Waals surface area contributed by atoms with Gasteiger partial charge in [0.2, 0.25) is 10.9 Å². The van der Waals surface area contributed by atoms with Crippen LogP contribution in [-0.2, 0) is 11.2 Å². The minimum Gasteiger partial charge on any atom is -0.465 e. The second kappa shape index (κ2) is 8.20. The van der Waals surface area contributed by atoms with Crippen molar-refractivity contribution in [3.8, 4) is 0 Å². The molecule has 4 aromatic rings. The Morgan fingerprint density at radius 2 is 1.94 bits per heavy atom. The lowest BCUT2D eigenvalue weighted by Crippen LogP contribution is -2.29. The Balaban J connectivity index is 1.75. The summed E-state index contributed by atoms with van der Waals surface area (Å²) in [6, 6.07) is 10.9. The zero-order valence-electron chi connectivity index (χ0n) is 17.5. The summed E-state index contributed by atoms with van der Waals surface area (Å²) < 4.78 is 11.4. The summed E-state index contributed by atoms with van der Waals surface area (Å²) in [6.45, 7) is 1.95. The van der Waals surface area contributed by atoms with Crippen molar-refractivity contribution in [2.75, 3.05) is 12.0 Å². The number of amides is 1. The van der Waals surface area contributed by atoms with Gasteiger partial charge in [0.05, 0.1) is 29.7 Å². The molecule has 0 saturated carbocycles. The lowest BCUT2D eigenvalue weighted by molar-refractivity contribution is 0.0600. The predicted octanol–water partition coefficient (Wildman–Crippen LogP) is 4.51. The highest BCUT2D eigenvalue weighted by atomic mass is 79.9.